The molecule has 0 aromatic carbocycles. The zero-order valence-electron chi connectivity index (χ0n) is 22.1. The number of amides is 2. The second-order valence-corrected chi connectivity index (χ2v) is 8.55. The van der Waals surface area contributed by atoms with Crippen molar-refractivity contribution in [2.24, 2.45) is 0 Å². The van der Waals surface area contributed by atoms with Crippen LogP contribution in [-0.2, 0) is 9.59 Å². The summed E-state index contributed by atoms with van der Waals surface area (Å²) in [6.45, 7) is 11.7. The molecule has 198 valence electrons. The predicted octanol–water partition coefficient (Wildman–Crippen LogP) is 3.43. The SMILES string of the molecule is CC/C=C\CCC(=O)NCCCNCCCCNCCCNCCCNC(=O)CC/C=C\CC. The number of rotatable bonds is 25. The lowest BCUT2D eigenvalue weighted by atomic mass is 10.2. The van der Waals surface area contributed by atoms with E-state index in [2.05, 4.69) is 64.7 Å². The van der Waals surface area contributed by atoms with Gasteiger partial charge in [0, 0.05) is 25.9 Å². The quantitative estimate of drug-likeness (QED) is 0.102. The molecule has 0 radical (unpaired) electrons. The Morgan fingerprint density at radius 3 is 1.24 bits per heavy atom. The van der Waals surface area contributed by atoms with Crippen LogP contribution in [-0.4, -0.2) is 64.2 Å². The van der Waals surface area contributed by atoms with Crippen molar-refractivity contribution in [2.75, 3.05) is 52.4 Å². The van der Waals surface area contributed by atoms with E-state index in [9.17, 15) is 9.59 Å². The average Bonchev–Trinajstić information content (AvgIpc) is 2.83. The number of unbranched alkanes of at least 4 members (excludes halogenated alkanes) is 1. The van der Waals surface area contributed by atoms with Gasteiger partial charge in [-0.3, -0.25) is 9.59 Å². The minimum Gasteiger partial charge on any atom is -0.356 e. The van der Waals surface area contributed by atoms with E-state index in [1.165, 1.54) is 12.8 Å². The highest BCUT2D eigenvalue weighted by Gasteiger charge is 1.99. The number of hydrogen-bond donors (Lipinski definition) is 5. The smallest absolute Gasteiger partial charge is 0.220 e. The van der Waals surface area contributed by atoms with E-state index < -0.39 is 0 Å². The van der Waals surface area contributed by atoms with Gasteiger partial charge >= 0.3 is 0 Å². The van der Waals surface area contributed by atoms with Gasteiger partial charge in [-0.05, 0) is 97.1 Å². The molecule has 0 spiro atoms. The first-order valence-corrected chi connectivity index (χ1v) is 13.7. The number of carbonyl (C=O) groups excluding carboxylic acids is 2. The molecule has 0 aliphatic rings. The summed E-state index contributed by atoms with van der Waals surface area (Å²) in [6, 6.07) is 0. The van der Waals surface area contributed by atoms with Gasteiger partial charge in [0.25, 0.3) is 0 Å². The fourth-order valence-electron chi connectivity index (χ4n) is 3.27. The van der Waals surface area contributed by atoms with Gasteiger partial charge in [0.1, 0.15) is 0 Å². The lowest BCUT2D eigenvalue weighted by molar-refractivity contribution is -0.121. The zero-order valence-corrected chi connectivity index (χ0v) is 22.1. The summed E-state index contributed by atoms with van der Waals surface area (Å²) in [4.78, 5) is 23.3. The van der Waals surface area contributed by atoms with E-state index >= 15 is 0 Å². The number of nitrogens with one attached hydrogen (secondary N) is 5. The zero-order chi connectivity index (χ0) is 25.0. The van der Waals surface area contributed by atoms with Crippen molar-refractivity contribution in [2.45, 2.75) is 84.5 Å². The lowest BCUT2D eigenvalue weighted by Crippen LogP contribution is -2.28. The molecule has 5 N–H and O–H groups in total. The Bertz CT molecular complexity index is 477. The molecule has 0 saturated carbocycles. The van der Waals surface area contributed by atoms with Crippen molar-refractivity contribution in [1.82, 2.24) is 26.6 Å². The molecule has 0 saturated heterocycles. The largest absolute Gasteiger partial charge is 0.356 e. The second kappa shape index (κ2) is 27.5. The van der Waals surface area contributed by atoms with Crippen LogP contribution in [0.1, 0.15) is 84.5 Å². The maximum atomic E-state index is 11.6. The monoisotopic (exact) mass is 479 g/mol. The topological polar surface area (TPSA) is 94.3 Å². The van der Waals surface area contributed by atoms with E-state index in [0.29, 0.717) is 12.8 Å². The van der Waals surface area contributed by atoms with Crippen molar-refractivity contribution < 1.29 is 9.59 Å². The maximum Gasteiger partial charge on any atom is 0.220 e. The van der Waals surface area contributed by atoms with Crippen LogP contribution in [0.2, 0.25) is 0 Å². The molecule has 7 nitrogen and oxygen atoms in total. The van der Waals surface area contributed by atoms with Gasteiger partial charge in [-0.25, -0.2) is 0 Å². The Balaban J connectivity index is 3.19. The third-order valence-corrected chi connectivity index (χ3v) is 5.25. The molecular formula is C27H53N5O2. The van der Waals surface area contributed by atoms with Gasteiger partial charge in [-0.15, -0.1) is 0 Å². The maximum absolute atomic E-state index is 11.6. The minimum atomic E-state index is 0.148. The first-order valence-electron chi connectivity index (χ1n) is 13.7. The summed E-state index contributed by atoms with van der Waals surface area (Å²) in [6.07, 6.45) is 18.7. The number of carbonyl (C=O) groups is 2. The minimum absolute atomic E-state index is 0.148. The Hall–Kier alpha value is -1.70. The van der Waals surface area contributed by atoms with Crippen molar-refractivity contribution in [3.63, 3.8) is 0 Å². The van der Waals surface area contributed by atoms with Crippen LogP contribution in [0.3, 0.4) is 0 Å². The first kappa shape index (κ1) is 32.3. The highest BCUT2D eigenvalue weighted by atomic mass is 16.2. The van der Waals surface area contributed by atoms with Crippen LogP contribution < -0.4 is 26.6 Å². The Morgan fingerprint density at radius 2 is 0.853 bits per heavy atom. The van der Waals surface area contributed by atoms with Crippen LogP contribution in [0, 0.1) is 0 Å². The molecule has 0 aliphatic heterocycles. The van der Waals surface area contributed by atoms with Crippen LogP contribution in [0.5, 0.6) is 0 Å². The fraction of sp³-hybridized carbons (Fsp3) is 0.778. The molecule has 0 rings (SSSR count). The van der Waals surface area contributed by atoms with Crippen molar-refractivity contribution in [1.29, 1.82) is 0 Å². The molecular weight excluding hydrogens is 426 g/mol. The molecule has 2 amide bonds. The van der Waals surface area contributed by atoms with Gasteiger partial charge in [-0.2, -0.15) is 0 Å². The fourth-order valence-corrected chi connectivity index (χ4v) is 3.27. The van der Waals surface area contributed by atoms with Crippen LogP contribution in [0.15, 0.2) is 24.3 Å². The summed E-state index contributed by atoms with van der Waals surface area (Å²) in [5, 5.41) is 16.3. The average molecular weight is 480 g/mol. The van der Waals surface area contributed by atoms with E-state index in [1.807, 2.05) is 0 Å². The van der Waals surface area contributed by atoms with Crippen LogP contribution >= 0.6 is 0 Å². The predicted molar refractivity (Wildman–Crippen MR) is 145 cm³/mol. The molecule has 0 fully saturated rings. The van der Waals surface area contributed by atoms with Crippen molar-refractivity contribution in [3.8, 4) is 0 Å². The molecule has 0 aliphatic carbocycles. The van der Waals surface area contributed by atoms with Gasteiger partial charge < -0.3 is 26.6 Å². The highest BCUT2D eigenvalue weighted by molar-refractivity contribution is 5.76. The normalized spacial score (nSPS) is 11.5. The second-order valence-electron chi connectivity index (χ2n) is 8.55. The summed E-state index contributed by atoms with van der Waals surface area (Å²) >= 11 is 0. The van der Waals surface area contributed by atoms with Crippen molar-refractivity contribution >= 4 is 11.8 Å². The molecule has 0 bridgehead atoms. The van der Waals surface area contributed by atoms with E-state index in [4.69, 9.17) is 0 Å². The molecule has 0 aromatic rings. The first-order chi connectivity index (χ1) is 16.7. The molecule has 7 heteroatoms. The van der Waals surface area contributed by atoms with Gasteiger partial charge in [0.15, 0.2) is 0 Å². The van der Waals surface area contributed by atoms with Gasteiger partial charge in [-0.1, -0.05) is 38.2 Å². The third kappa shape index (κ3) is 26.6. The molecule has 0 aromatic heterocycles. The summed E-state index contributed by atoms with van der Waals surface area (Å²) < 4.78 is 0. The number of hydrogen-bond acceptors (Lipinski definition) is 5. The Morgan fingerprint density at radius 1 is 0.500 bits per heavy atom. The van der Waals surface area contributed by atoms with Gasteiger partial charge in [0.2, 0.25) is 11.8 Å². The van der Waals surface area contributed by atoms with Crippen LogP contribution in [0.25, 0.3) is 0 Å². The van der Waals surface area contributed by atoms with Gasteiger partial charge in [0.05, 0.1) is 0 Å². The molecule has 34 heavy (non-hydrogen) atoms. The number of allylic oxidation sites excluding steroid dienone is 4. The van der Waals surface area contributed by atoms with Crippen molar-refractivity contribution in [3.05, 3.63) is 24.3 Å². The van der Waals surface area contributed by atoms with E-state index in [0.717, 1.165) is 97.3 Å². The molecule has 0 atom stereocenters. The molecule has 0 unspecified atom stereocenters. The highest BCUT2D eigenvalue weighted by Crippen LogP contribution is 1.93. The summed E-state index contributed by atoms with van der Waals surface area (Å²) in [5.74, 6) is 0.298. The van der Waals surface area contributed by atoms with E-state index in [-0.39, 0.29) is 11.8 Å². The lowest BCUT2D eigenvalue weighted by Gasteiger charge is -2.08. The molecule has 0 heterocycles. The third-order valence-electron chi connectivity index (χ3n) is 5.25. The Kier molecular flexibility index (Phi) is 26.2. The summed E-state index contributed by atoms with van der Waals surface area (Å²) in [7, 11) is 0. The van der Waals surface area contributed by atoms with Crippen LogP contribution in [0.4, 0.5) is 0 Å². The summed E-state index contributed by atoms with van der Waals surface area (Å²) in [5.41, 5.74) is 0. The standard InChI is InChI=1S/C27H53N5O2/c1-3-5-7-9-16-26(33)31-24-14-22-29-19-12-11-18-28-20-13-21-30-23-15-25-32-27(34)17-10-8-6-4-2/h5-8,28-30H,3-4,9-25H2,1-2H3,(H,31,33)(H,32,34)/b7-5-,8-6-. The van der Waals surface area contributed by atoms with E-state index in [1.54, 1.807) is 0 Å². The Labute approximate surface area is 209 Å².